The van der Waals surface area contributed by atoms with Crippen molar-refractivity contribution in [3.63, 3.8) is 0 Å². The van der Waals surface area contributed by atoms with E-state index in [0.717, 1.165) is 10.0 Å². The predicted octanol–water partition coefficient (Wildman–Crippen LogP) is 2.00. The maximum atomic E-state index is 12.5. The van der Waals surface area contributed by atoms with Crippen LogP contribution in [0.1, 0.15) is 17.2 Å². The van der Waals surface area contributed by atoms with E-state index in [-0.39, 0.29) is 11.4 Å². The summed E-state index contributed by atoms with van der Waals surface area (Å²) < 4.78 is 27.0. The van der Waals surface area contributed by atoms with E-state index in [1.165, 1.54) is 11.4 Å². The van der Waals surface area contributed by atoms with E-state index >= 15 is 0 Å². The number of rotatable bonds is 4. The number of aryl methyl sites for hydroxylation is 2. The molecule has 0 fully saturated rings. The minimum absolute atomic E-state index is 0.127. The third-order valence-corrected chi connectivity index (χ3v) is 5.53. The lowest BCUT2D eigenvalue weighted by Crippen LogP contribution is -2.27. The van der Waals surface area contributed by atoms with Gasteiger partial charge >= 0.3 is 0 Å². The molecule has 2 rings (SSSR count). The summed E-state index contributed by atoms with van der Waals surface area (Å²) in [4.78, 5) is 4.37. The van der Waals surface area contributed by atoms with Gasteiger partial charge in [0.15, 0.2) is 5.82 Å². The molecule has 0 aliphatic rings. The first-order valence-corrected chi connectivity index (χ1v) is 8.14. The molecule has 1 aromatic carbocycles. The van der Waals surface area contributed by atoms with Crippen molar-refractivity contribution >= 4 is 26.0 Å². The number of halogens is 1. The van der Waals surface area contributed by atoms with Crippen molar-refractivity contribution in [2.24, 2.45) is 0 Å². The van der Waals surface area contributed by atoms with E-state index in [9.17, 15) is 8.42 Å². The maximum absolute atomic E-state index is 12.5. The first kappa shape index (κ1) is 15.1. The molecule has 0 amide bonds. The van der Waals surface area contributed by atoms with Gasteiger partial charge in [0.1, 0.15) is 5.82 Å². The van der Waals surface area contributed by atoms with Gasteiger partial charge in [0.2, 0.25) is 10.0 Å². The van der Waals surface area contributed by atoms with E-state index in [1.807, 2.05) is 6.92 Å². The third-order valence-electron chi connectivity index (χ3n) is 2.85. The lowest BCUT2D eigenvalue weighted by Gasteiger charge is -2.16. The summed E-state index contributed by atoms with van der Waals surface area (Å²) in [5.74, 6) is 1.10. The summed E-state index contributed by atoms with van der Waals surface area (Å²) in [7, 11) is -2.04. The molecule has 1 heterocycles. The highest BCUT2D eigenvalue weighted by Gasteiger charge is 2.22. The van der Waals surface area contributed by atoms with Crippen LogP contribution in [0.25, 0.3) is 0 Å². The molecule has 20 heavy (non-hydrogen) atoms. The van der Waals surface area contributed by atoms with Crippen LogP contribution in [0.3, 0.4) is 0 Å². The second kappa shape index (κ2) is 5.63. The van der Waals surface area contributed by atoms with Gasteiger partial charge in [-0.15, -0.1) is 0 Å². The van der Waals surface area contributed by atoms with Crippen LogP contribution in [-0.4, -0.2) is 35.0 Å². The number of nitrogens with zero attached hydrogens (tertiary/aromatic N) is 3. The molecular formula is C12H15BrN4O2S. The van der Waals surface area contributed by atoms with Gasteiger partial charge in [-0.05, 0) is 37.6 Å². The van der Waals surface area contributed by atoms with Crippen LogP contribution in [0.4, 0.5) is 0 Å². The summed E-state index contributed by atoms with van der Waals surface area (Å²) in [5, 5.41) is 6.64. The Morgan fingerprint density at radius 2 is 2.05 bits per heavy atom. The Hall–Kier alpha value is -1.25. The average Bonchev–Trinajstić information content (AvgIpc) is 2.78. The molecule has 0 bridgehead atoms. The Morgan fingerprint density at radius 1 is 1.35 bits per heavy atom. The quantitative estimate of drug-likeness (QED) is 0.906. The fourth-order valence-corrected chi connectivity index (χ4v) is 3.16. The van der Waals surface area contributed by atoms with Gasteiger partial charge in [-0.25, -0.2) is 13.4 Å². The first-order valence-electron chi connectivity index (χ1n) is 5.91. The fourth-order valence-electron chi connectivity index (χ4n) is 1.70. The molecule has 2 aromatic rings. The number of H-pyrrole nitrogens is 1. The predicted molar refractivity (Wildman–Crippen MR) is 78.7 cm³/mol. The minimum Gasteiger partial charge on any atom is -0.263 e. The smallest absolute Gasteiger partial charge is 0.243 e. The second-order valence-corrected chi connectivity index (χ2v) is 7.41. The highest BCUT2D eigenvalue weighted by Crippen LogP contribution is 2.22. The molecular weight excluding hydrogens is 344 g/mol. The van der Waals surface area contributed by atoms with Gasteiger partial charge in [-0.2, -0.15) is 9.40 Å². The van der Waals surface area contributed by atoms with Crippen LogP contribution < -0.4 is 0 Å². The van der Waals surface area contributed by atoms with Gasteiger partial charge in [-0.3, -0.25) is 5.10 Å². The largest absolute Gasteiger partial charge is 0.263 e. The normalized spacial score (nSPS) is 12.1. The van der Waals surface area contributed by atoms with Crippen LogP contribution in [0.2, 0.25) is 0 Å². The number of aromatic nitrogens is 3. The SMILES string of the molecule is Cc1nc(CN(C)S(=O)(=O)c2ccc(Br)c(C)c2)n[nH]1. The first-order chi connectivity index (χ1) is 9.30. The Morgan fingerprint density at radius 3 is 2.60 bits per heavy atom. The summed E-state index contributed by atoms with van der Waals surface area (Å²) in [6.45, 7) is 3.74. The standard InChI is InChI=1S/C12H15BrN4O2S/c1-8-6-10(4-5-11(8)13)20(18,19)17(3)7-12-14-9(2)15-16-12/h4-6H,7H2,1-3H3,(H,14,15,16). The van der Waals surface area contributed by atoms with Crippen molar-refractivity contribution < 1.29 is 8.42 Å². The van der Waals surface area contributed by atoms with E-state index in [1.54, 1.807) is 25.1 Å². The van der Waals surface area contributed by atoms with Crippen LogP contribution in [0.15, 0.2) is 27.6 Å². The van der Waals surface area contributed by atoms with Gasteiger partial charge in [-0.1, -0.05) is 15.9 Å². The fraction of sp³-hybridized carbons (Fsp3) is 0.333. The van der Waals surface area contributed by atoms with E-state index in [2.05, 4.69) is 31.1 Å². The molecule has 0 atom stereocenters. The van der Waals surface area contributed by atoms with Gasteiger partial charge < -0.3 is 0 Å². The molecule has 8 heteroatoms. The molecule has 108 valence electrons. The number of benzene rings is 1. The van der Waals surface area contributed by atoms with Crippen molar-refractivity contribution in [3.8, 4) is 0 Å². The Balaban J connectivity index is 2.27. The van der Waals surface area contributed by atoms with Crippen LogP contribution in [0.5, 0.6) is 0 Å². The number of aromatic amines is 1. The van der Waals surface area contributed by atoms with E-state index in [0.29, 0.717) is 11.6 Å². The summed E-state index contributed by atoms with van der Waals surface area (Å²) >= 11 is 3.36. The van der Waals surface area contributed by atoms with Crippen LogP contribution >= 0.6 is 15.9 Å². The number of hydrogen-bond donors (Lipinski definition) is 1. The van der Waals surface area contributed by atoms with Gasteiger partial charge in [0, 0.05) is 11.5 Å². The van der Waals surface area contributed by atoms with Crippen molar-refractivity contribution in [1.29, 1.82) is 0 Å². The minimum atomic E-state index is -3.55. The number of sulfonamides is 1. The second-order valence-electron chi connectivity index (χ2n) is 4.51. The van der Waals surface area contributed by atoms with Gasteiger partial charge in [0.05, 0.1) is 11.4 Å². The lowest BCUT2D eigenvalue weighted by molar-refractivity contribution is 0.457. The van der Waals surface area contributed by atoms with Crippen LogP contribution in [0, 0.1) is 13.8 Å². The highest BCUT2D eigenvalue weighted by molar-refractivity contribution is 9.10. The molecule has 6 nitrogen and oxygen atoms in total. The van der Waals surface area contributed by atoms with Crippen molar-refractivity contribution in [3.05, 3.63) is 39.9 Å². The Labute approximate surface area is 126 Å². The van der Waals surface area contributed by atoms with Crippen molar-refractivity contribution in [2.75, 3.05) is 7.05 Å². The number of hydrogen-bond acceptors (Lipinski definition) is 4. The third kappa shape index (κ3) is 3.08. The molecule has 0 unspecified atom stereocenters. The molecule has 0 saturated heterocycles. The molecule has 0 spiro atoms. The molecule has 0 radical (unpaired) electrons. The summed E-state index contributed by atoms with van der Waals surface area (Å²) in [6.07, 6.45) is 0. The maximum Gasteiger partial charge on any atom is 0.243 e. The number of nitrogens with one attached hydrogen (secondary N) is 1. The van der Waals surface area contributed by atoms with Crippen molar-refractivity contribution in [2.45, 2.75) is 25.3 Å². The van der Waals surface area contributed by atoms with Crippen molar-refractivity contribution in [1.82, 2.24) is 19.5 Å². The zero-order valence-corrected chi connectivity index (χ0v) is 13.8. The molecule has 1 N–H and O–H groups in total. The average molecular weight is 359 g/mol. The molecule has 0 saturated carbocycles. The zero-order valence-electron chi connectivity index (χ0n) is 11.4. The Bertz CT molecular complexity index is 727. The Kier molecular flexibility index (Phi) is 4.26. The zero-order chi connectivity index (χ0) is 14.9. The molecule has 1 aromatic heterocycles. The summed E-state index contributed by atoms with van der Waals surface area (Å²) in [5.41, 5.74) is 0.869. The van der Waals surface area contributed by atoms with Gasteiger partial charge in [0.25, 0.3) is 0 Å². The molecule has 0 aliphatic carbocycles. The monoisotopic (exact) mass is 358 g/mol. The molecule has 0 aliphatic heterocycles. The van der Waals surface area contributed by atoms with E-state index < -0.39 is 10.0 Å². The lowest BCUT2D eigenvalue weighted by atomic mass is 10.2. The van der Waals surface area contributed by atoms with Crippen LogP contribution in [-0.2, 0) is 16.6 Å². The highest BCUT2D eigenvalue weighted by atomic mass is 79.9. The van der Waals surface area contributed by atoms with E-state index in [4.69, 9.17) is 0 Å². The topological polar surface area (TPSA) is 79.0 Å². The summed E-state index contributed by atoms with van der Waals surface area (Å²) in [6, 6.07) is 4.94.